The van der Waals surface area contributed by atoms with Gasteiger partial charge in [0.05, 0.1) is 5.41 Å². The smallest absolute Gasteiger partial charge is 0.260 e. The van der Waals surface area contributed by atoms with Crippen LogP contribution in [-0.4, -0.2) is 6.71 Å². The molecule has 0 aromatic heterocycles. The molecule has 0 unspecified atom stereocenters. The van der Waals surface area contributed by atoms with Gasteiger partial charge in [0.1, 0.15) is 34.5 Å². The molecule has 5 heteroatoms. The van der Waals surface area contributed by atoms with Crippen molar-refractivity contribution < 1.29 is 14.2 Å². The lowest BCUT2D eigenvalue weighted by Gasteiger charge is -2.41. The number of fused-ring (bicyclic) bond motifs is 14. The predicted octanol–water partition coefficient (Wildman–Crippen LogP) is 14.2. The molecule has 66 heavy (non-hydrogen) atoms. The lowest BCUT2D eigenvalue weighted by atomic mass is 9.34. The Hall–Kier alpha value is -6.98. The number of nitrogens with zero attached hydrogens (tertiary/aromatic N) is 1. The van der Waals surface area contributed by atoms with Gasteiger partial charge in [0.2, 0.25) is 0 Å². The van der Waals surface area contributed by atoms with Gasteiger partial charge in [-0.05, 0) is 115 Å². The highest BCUT2D eigenvalue weighted by Gasteiger charge is 2.55. The topological polar surface area (TPSA) is 30.9 Å². The van der Waals surface area contributed by atoms with Crippen LogP contribution in [0, 0.1) is 0 Å². The zero-order valence-electron chi connectivity index (χ0n) is 39.3. The van der Waals surface area contributed by atoms with Crippen molar-refractivity contribution in [1.82, 2.24) is 0 Å². The average Bonchev–Trinajstić information content (AvgIpc) is 3.59. The van der Waals surface area contributed by atoms with E-state index in [1.807, 2.05) is 0 Å². The van der Waals surface area contributed by atoms with Crippen LogP contribution in [0.4, 0.5) is 17.1 Å². The standard InChI is InChI=1S/C61H54BNO3/c1-58(2,3)37-22-26-40(27-23-37)63(41-28-24-38(25-29-41)59(4,5)6)42-30-32-48-52(36-42)65-53-34-39(60(7,8)9)35-54-56(53)62(48)49-33-31-44-43-16-10-11-17-45(43)61(55(44)57(49)66-54)46-18-12-14-20-50(46)64-51-21-15-13-19-47(51)61/h10-36H,1-9H3. The Morgan fingerprint density at radius 3 is 1.45 bits per heavy atom. The second-order valence-corrected chi connectivity index (χ2v) is 21.7. The summed E-state index contributed by atoms with van der Waals surface area (Å²) in [5.41, 5.74) is 16.5. The van der Waals surface area contributed by atoms with Crippen molar-refractivity contribution in [3.05, 3.63) is 203 Å². The van der Waals surface area contributed by atoms with E-state index in [1.165, 1.54) is 27.8 Å². The summed E-state index contributed by atoms with van der Waals surface area (Å²) >= 11 is 0. The molecule has 324 valence electrons. The summed E-state index contributed by atoms with van der Waals surface area (Å²) in [5, 5.41) is 0. The third-order valence-electron chi connectivity index (χ3n) is 14.5. The summed E-state index contributed by atoms with van der Waals surface area (Å²) < 4.78 is 21.4. The van der Waals surface area contributed by atoms with Gasteiger partial charge in [0, 0.05) is 45.3 Å². The first kappa shape index (κ1) is 40.5. The van der Waals surface area contributed by atoms with Crippen molar-refractivity contribution in [2.75, 3.05) is 4.90 Å². The largest absolute Gasteiger partial charge is 0.458 e. The highest BCUT2D eigenvalue weighted by atomic mass is 16.5. The highest BCUT2D eigenvalue weighted by Crippen LogP contribution is 2.64. The van der Waals surface area contributed by atoms with E-state index in [0.29, 0.717) is 0 Å². The third-order valence-corrected chi connectivity index (χ3v) is 14.5. The Morgan fingerprint density at radius 2 is 0.879 bits per heavy atom. The summed E-state index contributed by atoms with van der Waals surface area (Å²) in [7, 11) is 0. The lowest BCUT2D eigenvalue weighted by Crippen LogP contribution is -2.58. The maximum atomic E-state index is 7.52. The van der Waals surface area contributed by atoms with Gasteiger partial charge in [-0.2, -0.15) is 0 Å². The Balaban J connectivity index is 1.09. The maximum absolute atomic E-state index is 7.52. The van der Waals surface area contributed by atoms with E-state index in [0.717, 1.165) is 90.2 Å². The normalized spacial score (nSPS) is 14.6. The van der Waals surface area contributed by atoms with E-state index in [2.05, 4.69) is 231 Å². The average molecular weight is 860 g/mol. The molecule has 8 aromatic rings. The molecule has 0 bridgehead atoms. The first-order chi connectivity index (χ1) is 31.6. The molecule has 12 rings (SSSR count). The van der Waals surface area contributed by atoms with Crippen LogP contribution < -0.4 is 35.5 Å². The molecule has 0 N–H and O–H groups in total. The van der Waals surface area contributed by atoms with Gasteiger partial charge in [-0.3, -0.25) is 0 Å². The van der Waals surface area contributed by atoms with E-state index in [1.54, 1.807) is 0 Å². The molecule has 0 radical (unpaired) electrons. The molecular formula is C61H54BNO3. The van der Waals surface area contributed by atoms with Crippen LogP contribution in [0.25, 0.3) is 11.1 Å². The molecule has 0 fully saturated rings. The summed E-state index contributed by atoms with van der Waals surface area (Å²) in [4.78, 5) is 2.36. The van der Waals surface area contributed by atoms with E-state index >= 15 is 0 Å². The molecule has 4 nitrogen and oxygen atoms in total. The van der Waals surface area contributed by atoms with E-state index in [-0.39, 0.29) is 23.0 Å². The molecule has 3 aliphatic heterocycles. The molecule has 4 aliphatic rings. The van der Waals surface area contributed by atoms with Crippen molar-refractivity contribution in [3.8, 4) is 45.6 Å². The fourth-order valence-electron chi connectivity index (χ4n) is 11.1. The minimum absolute atomic E-state index is 0.0373. The second-order valence-electron chi connectivity index (χ2n) is 21.7. The van der Waals surface area contributed by atoms with E-state index in [4.69, 9.17) is 14.2 Å². The first-order valence-corrected chi connectivity index (χ1v) is 23.4. The van der Waals surface area contributed by atoms with Gasteiger partial charge in [0.25, 0.3) is 6.71 Å². The SMILES string of the molecule is CC(C)(C)c1ccc(N(c2ccc(C(C)(C)C)cc2)c2ccc3c(c2)Oc2cc(C(C)(C)C)cc4c2B3c2ccc3c(c2O4)C2(c4ccccc4Oc4ccccc42)c2ccccc2-3)cc1. The predicted molar refractivity (Wildman–Crippen MR) is 272 cm³/mol. The third kappa shape index (κ3) is 5.91. The monoisotopic (exact) mass is 859 g/mol. The van der Waals surface area contributed by atoms with Crippen LogP contribution >= 0.6 is 0 Å². The van der Waals surface area contributed by atoms with Gasteiger partial charge >= 0.3 is 0 Å². The Kier molecular flexibility index (Phi) is 8.61. The molecule has 0 saturated heterocycles. The number of benzene rings is 8. The second kappa shape index (κ2) is 14.0. The molecule has 0 amide bonds. The fourth-order valence-corrected chi connectivity index (χ4v) is 11.1. The van der Waals surface area contributed by atoms with Crippen molar-refractivity contribution in [1.29, 1.82) is 0 Å². The summed E-state index contributed by atoms with van der Waals surface area (Å²) in [5.74, 6) is 5.16. The molecule has 1 aliphatic carbocycles. The maximum Gasteiger partial charge on any atom is 0.260 e. The highest BCUT2D eigenvalue weighted by molar-refractivity contribution is 6.98. The van der Waals surface area contributed by atoms with Gasteiger partial charge in [-0.1, -0.05) is 165 Å². The Labute approximate surface area is 389 Å². The minimum atomic E-state index is -0.686. The minimum Gasteiger partial charge on any atom is -0.458 e. The van der Waals surface area contributed by atoms with Crippen LogP contribution in [0.3, 0.4) is 0 Å². The molecular weight excluding hydrogens is 805 g/mol. The van der Waals surface area contributed by atoms with Crippen LogP contribution in [0.1, 0.15) is 101 Å². The Bertz CT molecular complexity index is 3190. The van der Waals surface area contributed by atoms with Crippen LogP contribution in [0.5, 0.6) is 34.5 Å². The summed E-state index contributed by atoms with van der Waals surface area (Å²) in [6, 6.07) is 60.1. The van der Waals surface area contributed by atoms with Crippen molar-refractivity contribution in [3.63, 3.8) is 0 Å². The van der Waals surface area contributed by atoms with E-state index < -0.39 is 5.41 Å². The molecule has 1 spiro atoms. The van der Waals surface area contributed by atoms with Gasteiger partial charge in [-0.15, -0.1) is 0 Å². The Morgan fingerprint density at radius 1 is 0.394 bits per heavy atom. The molecule has 0 saturated carbocycles. The summed E-state index contributed by atoms with van der Waals surface area (Å²) in [6.07, 6.45) is 0. The molecule has 8 aromatic carbocycles. The van der Waals surface area contributed by atoms with Gasteiger partial charge in [-0.25, -0.2) is 0 Å². The number of anilines is 3. The fraction of sp³-hybridized carbons (Fsp3) is 0.213. The van der Waals surface area contributed by atoms with Crippen LogP contribution in [0.2, 0.25) is 0 Å². The zero-order chi connectivity index (χ0) is 45.5. The number of hydrogen-bond acceptors (Lipinski definition) is 4. The molecule has 3 heterocycles. The lowest BCUT2D eigenvalue weighted by molar-refractivity contribution is 0.426. The van der Waals surface area contributed by atoms with Crippen LogP contribution in [0.15, 0.2) is 164 Å². The van der Waals surface area contributed by atoms with Crippen molar-refractivity contribution >= 4 is 40.2 Å². The van der Waals surface area contributed by atoms with Crippen molar-refractivity contribution in [2.45, 2.75) is 84.0 Å². The van der Waals surface area contributed by atoms with Crippen LogP contribution in [-0.2, 0) is 21.7 Å². The zero-order valence-corrected chi connectivity index (χ0v) is 39.3. The molecule has 0 atom stereocenters. The summed E-state index contributed by atoms with van der Waals surface area (Å²) in [6.45, 7) is 20.2. The number of ether oxygens (including phenoxy) is 3. The number of rotatable bonds is 3. The quantitative estimate of drug-likeness (QED) is 0.166. The number of hydrogen-bond donors (Lipinski definition) is 0. The number of para-hydroxylation sites is 2. The first-order valence-electron chi connectivity index (χ1n) is 23.4. The van der Waals surface area contributed by atoms with E-state index in [9.17, 15) is 0 Å². The van der Waals surface area contributed by atoms with Gasteiger partial charge in [0.15, 0.2) is 0 Å². The van der Waals surface area contributed by atoms with Crippen molar-refractivity contribution in [2.24, 2.45) is 0 Å². The van der Waals surface area contributed by atoms with Gasteiger partial charge < -0.3 is 19.1 Å².